The monoisotopic (exact) mass is 434 g/mol. The van der Waals surface area contributed by atoms with Crippen molar-refractivity contribution >= 4 is 29.0 Å². The maximum atomic E-state index is 9.31. The maximum absolute atomic E-state index is 9.31. The molecule has 0 aliphatic carbocycles. The average molecular weight is 434 g/mol. The van der Waals surface area contributed by atoms with E-state index >= 15 is 0 Å². The van der Waals surface area contributed by atoms with Gasteiger partial charge in [0.15, 0.2) is 5.42 Å². The van der Waals surface area contributed by atoms with E-state index in [9.17, 15) is 5.11 Å². The minimum atomic E-state index is 0.318. The molecular formula is C27H22N4O2. The number of aliphatic imine (C=N–C) groups is 3. The van der Waals surface area contributed by atoms with Crippen LogP contribution in [0.3, 0.4) is 0 Å². The van der Waals surface area contributed by atoms with Gasteiger partial charge in [-0.25, -0.2) is 15.0 Å². The zero-order valence-electron chi connectivity index (χ0n) is 18.3. The molecule has 0 amide bonds. The molecule has 1 aromatic heterocycles. The topological polar surface area (TPSA) is 82.5 Å². The van der Waals surface area contributed by atoms with Crippen LogP contribution in [-0.4, -0.2) is 22.2 Å². The summed E-state index contributed by atoms with van der Waals surface area (Å²) in [4.78, 5) is 14.3. The van der Waals surface area contributed by atoms with Gasteiger partial charge in [-0.15, -0.1) is 0 Å². The number of aliphatic hydroxyl groups is 1. The molecule has 33 heavy (non-hydrogen) atoms. The first kappa shape index (κ1) is 19.5. The molecule has 0 saturated carbocycles. The van der Waals surface area contributed by atoms with Gasteiger partial charge in [-0.2, -0.15) is 0 Å². The lowest BCUT2D eigenvalue weighted by Gasteiger charge is -2.08. The summed E-state index contributed by atoms with van der Waals surface area (Å²) < 4.78 is 5.78. The van der Waals surface area contributed by atoms with E-state index in [2.05, 4.69) is 31.3 Å². The molecule has 6 heterocycles. The normalized spacial score (nSPS) is 27.4. The second kappa shape index (κ2) is 7.45. The molecule has 162 valence electrons. The Morgan fingerprint density at radius 2 is 1.48 bits per heavy atom. The highest BCUT2D eigenvalue weighted by Gasteiger charge is 2.29. The van der Waals surface area contributed by atoms with Crippen molar-refractivity contribution in [3.63, 3.8) is 0 Å². The zero-order valence-corrected chi connectivity index (χ0v) is 18.3. The van der Waals surface area contributed by atoms with Crippen molar-refractivity contribution in [3.8, 4) is 0 Å². The molecule has 1 fully saturated rings. The number of furan rings is 1. The fourth-order valence-electron chi connectivity index (χ4n) is 4.39. The van der Waals surface area contributed by atoms with Gasteiger partial charge in [0.1, 0.15) is 11.7 Å². The van der Waals surface area contributed by atoms with Crippen molar-refractivity contribution in [1.29, 1.82) is 0 Å². The minimum Gasteiger partial charge on any atom is -0.512 e. The first-order chi connectivity index (χ1) is 16.1. The number of hydrogen-bond donors (Lipinski definition) is 2. The molecule has 1 aromatic rings. The van der Waals surface area contributed by atoms with E-state index in [0.717, 1.165) is 57.5 Å². The Bertz CT molecular complexity index is 1510. The SMILES string of the molecule is CC1C2=CC3=C/C(=c4/cc/c(=C\O)o4)C(=N3)C=C3C=CC(=N3)C=C3C=CC(=N3)C=C(N2)C1C. The quantitative estimate of drug-likeness (QED) is 0.656. The van der Waals surface area contributed by atoms with E-state index in [1.54, 1.807) is 6.07 Å². The second-order valence-corrected chi connectivity index (χ2v) is 8.59. The van der Waals surface area contributed by atoms with Crippen LogP contribution in [-0.2, 0) is 0 Å². The summed E-state index contributed by atoms with van der Waals surface area (Å²) in [7, 11) is 0. The van der Waals surface area contributed by atoms with Gasteiger partial charge >= 0.3 is 0 Å². The Hall–Kier alpha value is -4.19. The standard InChI is InChI=1S/C27H22N4O2/c1-15-16(2)25-13-21-10-23(27-8-7-22(14-32)33-27)26(30-21)12-20-6-4-18(29-20)9-17-3-5-19(28-17)11-24(15)31-25/h3-16,31-32H,1-2H3/b17-9?,20-12?,22-14+,24-11?,25-13?,27-23+. The summed E-state index contributed by atoms with van der Waals surface area (Å²) in [6.07, 6.45) is 19.1. The summed E-state index contributed by atoms with van der Waals surface area (Å²) in [5.74, 6) is 0.654. The summed E-state index contributed by atoms with van der Waals surface area (Å²) >= 11 is 0. The van der Waals surface area contributed by atoms with E-state index in [0.29, 0.717) is 22.7 Å². The van der Waals surface area contributed by atoms with Gasteiger partial charge < -0.3 is 14.8 Å². The molecule has 6 rings (SSSR count). The van der Waals surface area contributed by atoms with E-state index in [-0.39, 0.29) is 0 Å². The predicted molar refractivity (Wildman–Crippen MR) is 131 cm³/mol. The third kappa shape index (κ3) is 3.49. The van der Waals surface area contributed by atoms with E-state index in [1.807, 2.05) is 48.6 Å². The minimum absolute atomic E-state index is 0.318. The maximum Gasteiger partial charge on any atom is 0.161 e. The Kier molecular flexibility index (Phi) is 4.40. The van der Waals surface area contributed by atoms with Crippen molar-refractivity contribution in [3.05, 3.63) is 106 Å². The summed E-state index contributed by atoms with van der Waals surface area (Å²) in [6, 6.07) is 3.57. The molecule has 2 N–H and O–H groups in total. The van der Waals surface area contributed by atoms with Crippen molar-refractivity contribution in [1.82, 2.24) is 5.32 Å². The van der Waals surface area contributed by atoms with E-state index < -0.39 is 0 Å². The molecule has 1 saturated heterocycles. The fourth-order valence-corrected chi connectivity index (χ4v) is 4.39. The second-order valence-electron chi connectivity index (χ2n) is 8.59. The predicted octanol–water partition coefficient (Wildman–Crippen LogP) is 3.51. The van der Waals surface area contributed by atoms with Crippen LogP contribution in [0.2, 0.25) is 0 Å². The first-order valence-electron chi connectivity index (χ1n) is 11.0. The molecule has 5 aliphatic rings. The smallest absolute Gasteiger partial charge is 0.161 e. The van der Waals surface area contributed by atoms with Crippen molar-refractivity contribution < 1.29 is 9.52 Å². The third-order valence-corrected chi connectivity index (χ3v) is 6.41. The summed E-state index contributed by atoms with van der Waals surface area (Å²) in [5.41, 5.74) is 9.22. The highest BCUT2D eigenvalue weighted by Crippen LogP contribution is 2.34. The fraction of sp³-hybridized carbons (Fsp3) is 0.148. The Labute approximate surface area is 190 Å². The molecule has 8 bridgehead atoms. The Morgan fingerprint density at radius 3 is 2.21 bits per heavy atom. The number of nitrogens with zero attached hydrogens (tertiary/aromatic N) is 3. The summed E-state index contributed by atoms with van der Waals surface area (Å²) in [6.45, 7) is 4.44. The number of aliphatic hydroxyl groups excluding tert-OH is 1. The highest BCUT2D eigenvalue weighted by atomic mass is 16.3. The highest BCUT2D eigenvalue weighted by molar-refractivity contribution is 6.30. The first-order valence-corrected chi connectivity index (χ1v) is 11.0. The number of fused-ring (bicyclic) bond motifs is 5. The van der Waals surface area contributed by atoms with Gasteiger partial charge in [-0.1, -0.05) is 13.8 Å². The van der Waals surface area contributed by atoms with Gasteiger partial charge in [-0.3, -0.25) is 0 Å². The van der Waals surface area contributed by atoms with Gasteiger partial charge in [0.2, 0.25) is 0 Å². The molecule has 0 aromatic carbocycles. The van der Waals surface area contributed by atoms with Crippen LogP contribution in [0.15, 0.2) is 115 Å². The molecule has 0 radical (unpaired) electrons. The third-order valence-electron chi connectivity index (χ3n) is 6.41. The molecule has 6 nitrogen and oxygen atoms in total. The number of nitrogens with one attached hydrogen (secondary N) is 1. The number of rotatable bonds is 0. The van der Waals surface area contributed by atoms with Gasteiger partial charge in [0.25, 0.3) is 0 Å². The molecular weight excluding hydrogens is 412 g/mol. The van der Waals surface area contributed by atoms with Crippen LogP contribution in [0, 0.1) is 11.8 Å². The van der Waals surface area contributed by atoms with Crippen LogP contribution in [0.1, 0.15) is 13.8 Å². The Balaban J connectivity index is 1.55. The average Bonchev–Trinajstić information content (AvgIpc) is 3.61. The van der Waals surface area contributed by atoms with Crippen molar-refractivity contribution in [2.75, 3.05) is 0 Å². The van der Waals surface area contributed by atoms with Crippen LogP contribution in [0.25, 0.3) is 11.8 Å². The molecule has 2 unspecified atom stereocenters. The molecule has 2 atom stereocenters. The lowest BCUT2D eigenvalue weighted by atomic mass is 9.94. The van der Waals surface area contributed by atoms with E-state index in [4.69, 9.17) is 19.4 Å². The van der Waals surface area contributed by atoms with Gasteiger partial charge in [0.05, 0.1) is 34.2 Å². The Morgan fingerprint density at radius 1 is 0.788 bits per heavy atom. The molecule has 0 spiro atoms. The lowest BCUT2D eigenvalue weighted by molar-refractivity contribution is 0.464. The van der Waals surface area contributed by atoms with Crippen LogP contribution in [0.5, 0.6) is 0 Å². The van der Waals surface area contributed by atoms with Crippen LogP contribution < -0.4 is 16.1 Å². The largest absolute Gasteiger partial charge is 0.512 e. The number of hydrogen-bond acceptors (Lipinski definition) is 6. The molecule has 6 heteroatoms. The van der Waals surface area contributed by atoms with E-state index in [1.165, 1.54) is 0 Å². The zero-order chi connectivity index (χ0) is 22.5. The molecule has 5 aliphatic heterocycles. The van der Waals surface area contributed by atoms with Crippen molar-refractivity contribution in [2.45, 2.75) is 13.8 Å². The van der Waals surface area contributed by atoms with Gasteiger partial charge in [0, 0.05) is 28.8 Å². The van der Waals surface area contributed by atoms with Crippen LogP contribution >= 0.6 is 0 Å². The number of allylic oxidation sites excluding steroid dienone is 11. The lowest BCUT2D eigenvalue weighted by Crippen LogP contribution is -2.08. The summed E-state index contributed by atoms with van der Waals surface area (Å²) in [5, 5.41) is 12.9. The van der Waals surface area contributed by atoms with Gasteiger partial charge in [-0.05, 0) is 66.8 Å². The van der Waals surface area contributed by atoms with Crippen molar-refractivity contribution in [2.24, 2.45) is 26.8 Å². The van der Waals surface area contributed by atoms with Crippen LogP contribution in [0.4, 0.5) is 0 Å².